The number of imidazole rings is 1. The summed E-state index contributed by atoms with van der Waals surface area (Å²) in [7, 11) is 1.57. The summed E-state index contributed by atoms with van der Waals surface area (Å²) in [6.07, 6.45) is 3.38. The van der Waals surface area contributed by atoms with Crippen LogP contribution in [-0.4, -0.2) is 37.2 Å². The van der Waals surface area contributed by atoms with Crippen molar-refractivity contribution in [2.24, 2.45) is 0 Å². The van der Waals surface area contributed by atoms with E-state index in [1.54, 1.807) is 44.6 Å². The Morgan fingerprint density at radius 3 is 2.66 bits per heavy atom. The molecule has 0 bridgehead atoms. The van der Waals surface area contributed by atoms with Crippen LogP contribution in [0.2, 0.25) is 0 Å². The van der Waals surface area contributed by atoms with Crippen LogP contribution >= 0.6 is 0 Å². The first-order valence-electron chi connectivity index (χ1n) is 8.89. The van der Waals surface area contributed by atoms with Gasteiger partial charge in [0, 0.05) is 30.4 Å². The second-order valence-electron chi connectivity index (χ2n) is 6.32. The number of nitrogens with zero attached hydrogens (tertiary/aromatic N) is 2. The zero-order valence-corrected chi connectivity index (χ0v) is 16.6. The van der Waals surface area contributed by atoms with Crippen molar-refractivity contribution < 1.29 is 19.1 Å². The molecule has 2 aromatic heterocycles. The van der Waals surface area contributed by atoms with E-state index >= 15 is 0 Å². The molecule has 148 valence electrons. The van der Waals surface area contributed by atoms with Crippen molar-refractivity contribution in [3.05, 3.63) is 60.9 Å². The van der Waals surface area contributed by atoms with Crippen molar-refractivity contribution in [2.75, 3.05) is 7.11 Å². The SMILES string of the molecule is COc1ccc(-c2nc3cnccc3[nH]2)c(OC(C)[S+]([O-])c2ccc(O)cc2)c1. The molecule has 2 atom stereocenters. The lowest BCUT2D eigenvalue weighted by Crippen LogP contribution is -2.24. The summed E-state index contributed by atoms with van der Waals surface area (Å²) in [5.74, 6) is 1.85. The molecule has 0 amide bonds. The van der Waals surface area contributed by atoms with E-state index in [-0.39, 0.29) is 5.75 Å². The number of fused-ring (bicyclic) bond motifs is 1. The molecule has 4 aromatic rings. The number of rotatable bonds is 6. The molecular weight excluding hydrogens is 390 g/mol. The molecule has 4 rings (SSSR count). The van der Waals surface area contributed by atoms with Gasteiger partial charge in [0.2, 0.25) is 0 Å². The molecule has 29 heavy (non-hydrogen) atoms. The van der Waals surface area contributed by atoms with Crippen LogP contribution in [0.15, 0.2) is 65.8 Å². The first kappa shape index (κ1) is 19.1. The van der Waals surface area contributed by atoms with Crippen LogP contribution in [0.5, 0.6) is 17.2 Å². The number of aromatic nitrogens is 3. The van der Waals surface area contributed by atoms with E-state index in [1.807, 2.05) is 18.2 Å². The second kappa shape index (κ2) is 8.02. The molecule has 0 aliphatic rings. The topological polar surface area (TPSA) is 103 Å². The predicted molar refractivity (Wildman–Crippen MR) is 110 cm³/mol. The third kappa shape index (κ3) is 3.98. The van der Waals surface area contributed by atoms with Crippen LogP contribution in [0, 0.1) is 0 Å². The number of hydrogen-bond donors (Lipinski definition) is 2. The fourth-order valence-corrected chi connectivity index (χ4v) is 3.88. The van der Waals surface area contributed by atoms with Crippen LogP contribution in [0.25, 0.3) is 22.4 Å². The van der Waals surface area contributed by atoms with Gasteiger partial charge >= 0.3 is 0 Å². The molecule has 0 aliphatic heterocycles. The third-order valence-corrected chi connectivity index (χ3v) is 5.83. The lowest BCUT2D eigenvalue weighted by Gasteiger charge is -2.20. The number of phenols is 1. The molecule has 2 N–H and O–H groups in total. The highest BCUT2D eigenvalue weighted by Crippen LogP contribution is 2.34. The van der Waals surface area contributed by atoms with Crippen LogP contribution in [0.4, 0.5) is 0 Å². The minimum atomic E-state index is -1.44. The molecule has 2 unspecified atom stereocenters. The zero-order chi connectivity index (χ0) is 20.4. The van der Waals surface area contributed by atoms with E-state index in [4.69, 9.17) is 9.47 Å². The van der Waals surface area contributed by atoms with E-state index in [9.17, 15) is 9.66 Å². The Morgan fingerprint density at radius 2 is 1.93 bits per heavy atom. The van der Waals surface area contributed by atoms with Gasteiger partial charge in [0.1, 0.15) is 28.6 Å². The number of aromatic hydroxyl groups is 1. The maximum atomic E-state index is 12.8. The minimum absolute atomic E-state index is 0.119. The molecule has 0 aliphatic carbocycles. The summed E-state index contributed by atoms with van der Waals surface area (Å²) >= 11 is -1.44. The molecule has 0 saturated heterocycles. The summed E-state index contributed by atoms with van der Waals surface area (Å²) in [6.45, 7) is 1.73. The van der Waals surface area contributed by atoms with Crippen LogP contribution in [-0.2, 0) is 11.2 Å². The molecular formula is C21H19N3O4S. The van der Waals surface area contributed by atoms with Gasteiger partial charge in [-0.25, -0.2) is 4.98 Å². The maximum absolute atomic E-state index is 12.8. The van der Waals surface area contributed by atoms with E-state index < -0.39 is 16.6 Å². The molecule has 7 nitrogen and oxygen atoms in total. The lowest BCUT2D eigenvalue weighted by molar-refractivity contribution is 0.291. The predicted octanol–water partition coefficient (Wildman–Crippen LogP) is 3.87. The van der Waals surface area contributed by atoms with Crippen molar-refractivity contribution in [2.45, 2.75) is 17.3 Å². The fraction of sp³-hybridized carbons (Fsp3) is 0.143. The van der Waals surface area contributed by atoms with Gasteiger partial charge in [0.05, 0.1) is 24.4 Å². The molecule has 0 spiro atoms. The number of phenolic OH excluding ortho intramolecular Hbond substituents is 1. The fourth-order valence-electron chi connectivity index (χ4n) is 2.90. The molecule has 2 heterocycles. The van der Waals surface area contributed by atoms with Gasteiger partial charge in [-0.1, -0.05) is 0 Å². The number of benzene rings is 2. The van der Waals surface area contributed by atoms with Crippen LogP contribution in [0.1, 0.15) is 6.92 Å². The van der Waals surface area contributed by atoms with E-state index in [0.29, 0.717) is 22.2 Å². The Hall–Kier alpha value is -3.23. The second-order valence-corrected chi connectivity index (χ2v) is 8.05. The van der Waals surface area contributed by atoms with Gasteiger partial charge in [-0.3, -0.25) is 4.98 Å². The number of pyridine rings is 1. The number of ether oxygens (including phenoxy) is 2. The smallest absolute Gasteiger partial charge is 0.256 e. The number of methoxy groups -OCH3 is 1. The number of nitrogens with one attached hydrogen (secondary N) is 1. The summed E-state index contributed by atoms with van der Waals surface area (Å²) < 4.78 is 24.2. The zero-order valence-electron chi connectivity index (χ0n) is 15.8. The summed E-state index contributed by atoms with van der Waals surface area (Å²) in [5.41, 5.74) is 1.68. The Morgan fingerprint density at radius 1 is 1.14 bits per heavy atom. The monoisotopic (exact) mass is 409 g/mol. The van der Waals surface area contributed by atoms with Crippen molar-refractivity contribution in [3.8, 4) is 28.6 Å². The maximum Gasteiger partial charge on any atom is 0.256 e. The highest BCUT2D eigenvalue weighted by atomic mass is 32.2. The van der Waals surface area contributed by atoms with E-state index in [2.05, 4.69) is 15.0 Å². The summed E-state index contributed by atoms with van der Waals surface area (Å²) in [5, 5.41) is 9.43. The first-order valence-corrected chi connectivity index (χ1v) is 10.1. The molecule has 0 saturated carbocycles. The Bertz CT molecular complexity index is 1100. The highest BCUT2D eigenvalue weighted by Gasteiger charge is 2.24. The highest BCUT2D eigenvalue weighted by molar-refractivity contribution is 7.91. The molecule has 8 heteroatoms. The summed E-state index contributed by atoms with van der Waals surface area (Å²) in [4.78, 5) is 12.5. The van der Waals surface area contributed by atoms with Gasteiger partial charge in [0.15, 0.2) is 4.90 Å². The standard InChI is InChI=1S/C21H19N3O4S/c1-13(29(26)16-6-3-14(25)4-7-16)28-20-11-15(27-2)5-8-17(20)21-23-18-9-10-22-12-19(18)24-21/h3-13,25H,1-2H3,(H,23,24). The lowest BCUT2D eigenvalue weighted by atomic mass is 10.2. The van der Waals surface area contributed by atoms with Gasteiger partial charge in [0.25, 0.3) is 5.44 Å². The van der Waals surface area contributed by atoms with Gasteiger partial charge in [-0.2, -0.15) is 0 Å². The molecule has 0 radical (unpaired) electrons. The first-order chi connectivity index (χ1) is 14.0. The molecule has 2 aromatic carbocycles. The molecule has 0 fully saturated rings. The van der Waals surface area contributed by atoms with Crippen molar-refractivity contribution in [1.29, 1.82) is 0 Å². The van der Waals surface area contributed by atoms with Crippen molar-refractivity contribution >= 4 is 22.2 Å². The third-order valence-electron chi connectivity index (χ3n) is 4.39. The number of aromatic amines is 1. The normalized spacial score (nSPS) is 13.2. The van der Waals surface area contributed by atoms with E-state index in [1.165, 1.54) is 12.1 Å². The Balaban J connectivity index is 1.67. The Kier molecular flexibility index (Phi) is 5.28. The average molecular weight is 409 g/mol. The van der Waals surface area contributed by atoms with Gasteiger partial charge in [-0.15, -0.1) is 0 Å². The quantitative estimate of drug-likeness (QED) is 0.469. The summed E-state index contributed by atoms with van der Waals surface area (Å²) in [6, 6.07) is 13.5. The number of hydrogen-bond acceptors (Lipinski definition) is 6. The van der Waals surface area contributed by atoms with E-state index in [0.717, 1.165) is 16.6 Å². The minimum Gasteiger partial charge on any atom is -0.609 e. The van der Waals surface area contributed by atoms with Crippen molar-refractivity contribution in [1.82, 2.24) is 15.0 Å². The Labute approximate surface area is 170 Å². The van der Waals surface area contributed by atoms with Crippen LogP contribution < -0.4 is 9.47 Å². The largest absolute Gasteiger partial charge is 0.609 e. The van der Waals surface area contributed by atoms with Gasteiger partial charge in [-0.05, 0) is 42.5 Å². The van der Waals surface area contributed by atoms with Gasteiger partial charge < -0.3 is 24.1 Å². The van der Waals surface area contributed by atoms with Crippen LogP contribution in [0.3, 0.4) is 0 Å². The number of H-pyrrole nitrogens is 1. The van der Waals surface area contributed by atoms with Crippen molar-refractivity contribution in [3.63, 3.8) is 0 Å². The average Bonchev–Trinajstić information content (AvgIpc) is 3.17.